The lowest BCUT2D eigenvalue weighted by Gasteiger charge is -2.28. The normalized spacial score (nSPS) is 11.4. The number of hydrogen-bond acceptors (Lipinski definition) is 7. The summed E-state index contributed by atoms with van der Waals surface area (Å²) in [4.78, 5) is 16.9. The van der Waals surface area contributed by atoms with E-state index in [0.717, 1.165) is 14.2 Å². The van der Waals surface area contributed by atoms with Gasteiger partial charge in [-0.15, -0.1) is 0 Å². The molecule has 0 bridgehead atoms. The zero-order valence-corrected chi connectivity index (χ0v) is 24.0. The number of ether oxygens (including phenoxy) is 2. The zero-order valence-electron chi connectivity index (χ0n) is 22.4. The number of anilines is 1. The Labute approximate surface area is 239 Å². The molecule has 0 aliphatic carbocycles. The van der Waals surface area contributed by atoms with Crippen LogP contribution in [0.4, 0.5) is 5.69 Å². The number of esters is 1. The van der Waals surface area contributed by atoms with E-state index in [0.29, 0.717) is 39.4 Å². The molecule has 11 heteroatoms. The van der Waals surface area contributed by atoms with Crippen LogP contribution in [0.2, 0.25) is 5.02 Å². The number of aromatic nitrogens is 1. The van der Waals surface area contributed by atoms with E-state index in [4.69, 9.17) is 25.5 Å². The van der Waals surface area contributed by atoms with Crippen LogP contribution in [0.25, 0.3) is 11.5 Å². The van der Waals surface area contributed by atoms with Crippen molar-refractivity contribution in [2.45, 2.75) is 27.0 Å². The van der Waals surface area contributed by atoms with Crippen LogP contribution in [0.3, 0.4) is 0 Å². The van der Waals surface area contributed by atoms with Crippen molar-refractivity contribution in [2.24, 2.45) is 0 Å². The number of hydrogen-bond donors (Lipinski definition) is 0. The number of aryl methyl sites for hydroxylation is 1. The lowest BCUT2D eigenvalue weighted by atomic mass is 10.2. The minimum atomic E-state index is -4.12. The van der Waals surface area contributed by atoms with Gasteiger partial charge in [0.1, 0.15) is 30.4 Å². The van der Waals surface area contributed by atoms with E-state index in [9.17, 15) is 13.2 Å². The molecule has 0 unspecified atom stereocenters. The Morgan fingerprint density at radius 1 is 1.02 bits per heavy atom. The van der Waals surface area contributed by atoms with E-state index < -0.39 is 22.7 Å². The Morgan fingerprint density at radius 2 is 1.75 bits per heavy atom. The molecule has 1 aromatic heterocycles. The maximum atomic E-state index is 13.6. The Kier molecular flexibility index (Phi) is 9.46. The van der Waals surface area contributed by atoms with Crippen LogP contribution in [0.5, 0.6) is 5.75 Å². The van der Waals surface area contributed by atoms with Gasteiger partial charge >= 0.3 is 16.2 Å². The minimum absolute atomic E-state index is 0.0859. The quantitative estimate of drug-likeness (QED) is 0.199. The summed E-state index contributed by atoms with van der Waals surface area (Å²) >= 11 is 5.96. The van der Waals surface area contributed by atoms with Gasteiger partial charge in [0.25, 0.3) is 0 Å². The van der Waals surface area contributed by atoms with Gasteiger partial charge in [0.05, 0.1) is 12.3 Å². The summed E-state index contributed by atoms with van der Waals surface area (Å²) in [5.41, 5.74) is 2.54. The molecule has 0 radical (unpaired) electrons. The second-order valence-electron chi connectivity index (χ2n) is 8.85. The third kappa shape index (κ3) is 7.20. The van der Waals surface area contributed by atoms with Crippen LogP contribution >= 0.6 is 11.6 Å². The first kappa shape index (κ1) is 29.1. The van der Waals surface area contributed by atoms with Gasteiger partial charge in [0.2, 0.25) is 5.89 Å². The molecular formula is C29H30ClN3O6S. The van der Waals surface area contributed by atoms with Gasteiger partial charge < -0.3 is 13.9 Å². The fraction of sp³-hybridized carbons (Fsp3) is 0.241. The molecule has 4 aromatic rings. The van der Waals surface area contributed by atoms with Crippen LogP contribution in [0, 0.1) is 6.92 Å². The Morgan fingerprint density at radius 3 is 2.45 bits per heavy atom. The molecule has 0 saturated heterocycles. The maximum absolute atomic E-state index is 13.6. The van der Waals surface area contributed by atoms with E-state index >= 15 is 0 Å². The predicted octanol–water partition coefficient (Wildman–Crippen LogP) is 5.63. The lowest BCUT2D eigenvalue weighted by molar-refractivity contribution is -0.143. The van der Waals surface area contributed by atoms with Crippen molar-refractivity contribution in [3.8, 4) is 17.2 Å². The van der Waals surface area contributed by atoms with Crippen molar-refractivity contribution < 1.29 is 27.1 Å². The molecular weight excluding hydrogens is 554 g/mol. The highest BCUT2D eigenvalue weighted by molar-refractivity contribution is 7.90. The van der Waals surface area contributed by atoms with Gasteiger partial charge in [0.15, 0.2) is 0 Å². The summed E-state index contributed by atoms with van der Waals surface area (Å²) in [5.74, 6) is 1.02. The first-order valence-electron chi connectivity index (χ1n) is 12.6. The summed E-state index contributed by atoms with van der Waals surface area (Å²) in [6, 6.07) is 23.0. The number of carbonyl (C=O) groups is 1. The van der Waals surface area contributed by atoms with Gasteiger partial charge in [-0.3, -0.25) is 9.10 Å². The number of oxazole rings is 1. The number of benzene rings is 3. The second kappa shape index (κ2) is 13.0. The number of rotatable bonds is 12. The lowest BCUT2D eigenvalue weighted by Crippen LogP contribution is -2.44. The molecule has 0 saturated carbocycles. The summed E-state index contributed by atoms with van der Waals surface area (Å²) < 4.78 is 46.1. The standard InChI is InChI=1S/C29H30ClN3O6S/c1-4-37-28(34)19-33(40(35,36)32(3)25-15-13-24(30)14-16-25)18-22-9-8-12-26(17-22)38-20-27-21(2)39-29(31-27)23-10-6-5-7-11-23/h5-17H,4,18-20H2,1-3H3. The molecule has 210 valence electrons. The fourth-order valence-electron chi connectivity index (χ4n) is 3.88. The molecule has 0 fully saturated rings. The average molecular weight is 584 g/mol. The largest absolute Gasteiger partial charge is 0.487 e. The van der Waals surface area contributed by atoms with Crippen molar-refractivity contribution in [1.82, 2.24) is 9.29 Å². The third-order valence-corrected chi connectivity index (χ3v) is 8.09. The average Bonchev–Trinajstić information content (AvgIpc) is 3.32. The highest BCUT2D eigenvalue weighted by Gasteiger charge is 2.30. The maximum Gasteiger partial charge on any atom is 0.321 e. The molecule has 4 rings (SSSR count). The Hall–Kier alpha value is -3.86. The Balaban J connectivity index is 1.51. The molecule has 40 heavy (non-hydrogen) atoms. The highest BCUT2D eigenvalue weighted by atomic mass is 35.5. The van der Waals surface area contributed by atoms with Gasteiger partial charge in [-0.05, 0) is 67.9 Å². The SMILES string of the molecule is CCOC(=O)CN(Cc1cccc(OCc2nc(-c3ccccc3)oc2C)c1)S(=O)(=O)N(C)c1ccc(Cl)cc1. The second-order valence-corrected chi connectivity index (χ2v) is 11.2. The molecule has 0 N–H and O–H groups in total. The van der Waals surface area contributed by atoms with Crippen molar-refractivity contribution in [2.75, 3.05) is 24.5 Å². The summed E-state index contributed by atoms with van der Waals surface area (Å²) in [6.07, 6.45) is 0. The predicted molar refractivity (Wildman–Crippen MR) is 153 cm³/mol. The van der Waals surface area contributed by atoms with E-state index in [1.165, 1.54) is 7.05 Å². The van der Waals surface area contributed by atoms with Gasteiger partial charge in [0, 0.05) is 24.2 Å². The number of halogens is 1. The smallest absolute Gasteiger partial charge is 0.321 e. The van der Waals surface area contributed by atoms with E-state index in [1.807, 2.05) is 37.3 Å². The third-order valence-electron chi connectivity index (χ3n) is 6.02. The monoisotopic (exact) mass is 583 g/mol. The molecule has 1 heterocycles. The summed E-state index contributed by atoms with van der Waals surface area (Å²) in [7, 11) is -2.70. The van der Waals surface area contributed by atoms with Crippen LogP contribution in [-0.2, 0) is 32.9 Å². The molecule has 3 aromatic carbocycles. The number of carbonyl (C=O) groups excluding carboxylic acids is 1. The van der Waals surface area contributed by atoms with Crippen molar-refractivity contribution >= 4 is 33.5 Å². The molecule has 0 aliphatic rings. The van der Waals surface area contributed by atoms with Gasteiger partial charge in [-0.2, -0.15) is 12.7 Å². The number of nitrogens with zero attached hydrogens (tertiary/aromatic N) is 3. The van der Waals surface area contributed by atoms with Crippen molar-refractivity contribution in [1.29, 1.82) is 0 Å². The van der Waals surface area contributed by atoms with Crippen molar-refractivity contribution in [3.63, 3.8) is 0 Å². The molecule has 9 nitrogen and oxygen atoms in total. The van der Waals surface area contributed by atoms with Gasteiger partial charge in [-0.25, -0.2) is 4.98 Å². The minimum Gasteiger partial charge on any atom is -0.487 e. The molecule has 0 spiro atoms. The fourth-order valence-corrected chi connectivity index (χ4v) is 5.32. The first-order valence-corrected chi connectivity index (χ1v) is 14.3. The highest BCUT2D eigenvalue weighted by Crippen LogP contribution is 2.25. The Bertz CT molecular complexity index is 1540. The van der Waals surface area contributed by atoms with Gasteiger partial charge in [-0.1, -0.05) is 41.9 Å². The molecule has 0 amide bonds. The van der Waals surface area contributed by atoms with E-state index in [-0.39, 0.29) is 19.8 Å². The summed E-state index contributed by atoms with van der Waals surface area (Å²) in [6.45, 7) is 3.24. The van der Waals surface area contributed by atoms with Crippen LogP contribution in [0.15, 0.2) is 83.3 Å². The van der Waals surface area contributed by atoms with Crippen LogP contribution in [0.1, 0.15) is 23.9 Å². The topological polar surface area (TPSA) is 102 Å². The summed E-state index contributed by atoms with van der Waals surface area (Å²) in [5, 5.41) is 0.479. The zero-order chi connectivity index (χ0) is 28.7. The molecule has 0 aliphatic heterocycles. The van der Waals surface area contributed by atoms with Crippen LogP contribution < -0.4 is 9.04 Å². The molecule has 0 atom stereocenters. The first-order chi connectivity index (χ1) is 19.2. The van der Waals surface area contributed by atoms with Crippen LogP contribution in [-0.4, -0.2) is 43.9 Å². The van der Waals surface area contributed by atoms with E-state index in [2.05, 4.69) is 4.98 Å². The van der Waals surface area contributed by atoms with Crippen molar-refractivity contribution in [3.05, 3.63) is 101 Å². The van der Waals surface area contributed by atoms with E-state index in [1.54, 1.807) is 55.5 Å².